The zero-order valence-corrected chi connectivity index (χ0v) is 26.2. The van der Waals surface area contributed by atoms with Crippen molar-refractivity contribution in [1.82, 2.24) is 4.90 Å². The first-order valence-electron chi connectivity index (χ1n) is 14.2. The van der Waals surface area contributed by atoms with Crippen molar-refractivity contribution in [3.05, 3.63) is 99.6 Å². The highest BCUT2D eigenvalue weighted by Crippen LogP contribution is 2.42. The molecule has 2 fully saturated rings. The molecule has 4 atom stereocenters. The normalized spacial score (nSPS) is 22.9. The Morgan fingerprint density at radius 3 is 2.14 bits per heavy atom. The standard InChI is InChI=1S/C31H33Cl3N4O6/c1-20-27(18-36-14-16-37(17-15-36)25-10-12-26(13-11-25)38(41)42)43-29(44-28(20)22-4-2-21(19-39)3-5-22)23-6-8-24(9-7-23)35-30(40)31(32,33)34/h2-13,20,27-29,39H,14-19H2,1H3,(H,35,40). The number of amides is 1. The first-order valence-corrected chi connectivity index (χ1v) is 15.4. The van der Waals surface area contributed by atoms with Crippen LogP contribution in [-0.4, -0.2) is 63.5 Å². The highest BCUT2D eigenvalue weighted by atomic mass is 35.6. The molecule has 234 valence electrons. The number of nitrogens with zero attached hydrogens (tertiary/aromatic N) is 3. The number of hydrogen-bond acceptors (Lipinski definition) is 8. The summed E-state index contributed by atoms with van der Waals surface area (Å²) in [6.45, 7) is 5.96. The Labute approximate surface area is 270 Å². The maximum absolute atomic E-state index is 12.1. The summed E-state index contributed by atoms with van der Waals surface area (Å²) in [5.74, 6) is -0.740. The Balaban J connectivity index is 1.29. The van der Waals surface area contributed by atoms with Crippen LogP contribution >= 0.6 is 34.8 Å². The third-order valence-corrected chi connectivity index (χ3v) is 8.57. The van der Waals surface area contributed by atoms with Crippen LogP contribution in [0, 0.1) is 16.0 Å². The summed E-state index contributed by atoms with van der Waals surface area (Å²) in [4.78, 5) is 27.3. The Morgan fingerprint density at radius 1 is 0.955 bits per heavy atom. The number of nitro benzene ring substituents is 1. The van der Waals surface area contributed by atoms with Crippen LogP contribution in [0.5, 0.6) is 0 Å². The van der Waals surface area contributed by atoms with Gasteiger partial charge in [-0.1, -0.05) is 78.1 Å². The highest BCUT2D eigenvalue weighted by Gasteiger charge is 2.39. The number of nitro groups is 1. The molecular formula is C31H33Cl3N4O6. The van der Waals surface area contributed by atoms with Gasteiger partial charge < -0.3 is 24.8 Å². The molecule has 0 aromatic heterocycles. The second-order valence-electron chi connectivity index (χ2n) is 11.0. The molecule has 1 amide bonds. The van der Waals surface area contributed by atoms with Gasteiger partial charge in [-0.15, -0.1) is 0 Å². The minimum absolute atomic E-state index is 0.0155. The lowest BCUT2D eigenvalue weighted by molar-refractivity contribution is -0.384. The molecule has 2 saturated heterocycles. The van der Waals surface area contributed by atoms with Crippen molar-refractivity contribution in [3.8, 4) is 0 Å². The second kappa shape index (κ2) is 14.0. The molecule has 2 heterocycles. The second-order valence-corrected chi connectivity index (χ2v) is 13.2. The van der Waals surface area contributed by atoms with Crippen LogP contribution < -0.4 is 10.2 Å². The number of rotatable bonds is 8. The van der Waals surface area contributed by atoms with Gasteiger partial charge in [0.05, 0.1) is 23.7 Å². The Kier molecular flexibility index (Phi) is 10.3. The van der Waals surface area contributed by atoms with Crippen LogP contribution in [0.2, 0.25) is 0 Å². The molecule has 5 rings (SSSR count). The molecule has 0 saturated carbocycles. The quantitative estimate of drug-likeness (QED) is 0.171. The number of aliphatic hydroxyl groups is 1. The van der Waals surface area contributed by atoms with Crippen LogP contribution in [0.15, 0.2) is 72.8 Å². The van der Waals surface area contributed by atoms with Crippen molar-refractivity contribution < 1.29 is 24.3 Å². The van der Waals surface area contributed by atoms with Crippen molar-refractivity contribution in [2.24, 2.45) is 5.92 Å². The van der Waals surface area contributed by atoms with Gasteiger partial charge >= 0.3 is 0 Å². The fourth-order valence-corrected chi connectivity index (χ4v) is 5.62. The average Bonchev–Trinajstić information content (AvgIpc) is 3.02. The van der Waals surface area contributed by atoms with E-state index in [2.05, 4.69) is 22.0 Å². The number of non-ortho nitro benzene ring substituents is 1. The minimum Gasteiger partial charge on any atom is -0.392 e. The summed E-state index contributed by atoms with van der Waals surface area (Å²) in [5.41, 5.74) is 4.09. The number of alkyl halides is 3. The van der Waals surface area contributed by atoms with Gasteiger partial charge in [0.25, 0.3) is 15.4 Å². The number of carbonyl (C=O) groups excluding carboxylic acids is 1. The van der Waals surface area contributed by atoms with Gasteiger partial charge in [-0.2, -0.15) is 0 Å². The van der Waals surface area contributed by atoms with Crippen molar-refractivity contribution in [3.63, 3.8) is 0 Å². The molecule has 0 aliphatic carbocycles. The minimum atomic E-state index is -2.08. The van der Waals surface area contributed by atoms with E-state index >= 15 is 0 Å². The number of ether oxygens (including phenoxy) is 2. The van der Waals surface area contributed by atoms with E-state index in [0.717, 1.165) is 48.6 Å². The fourth-order valence-electron chi connectivity index (χ4n) is 5.48. The third-order valence-electron chi connectivity index (χ3n) is 8.06. The van der Waals surface area contributed by atoms with Gasteiger partial charge in [0.1, 0.15) is 0 Å². The molecule has 2 N–H and O–H groups in total. The maximum atomic E-state index is 12.1. The van der Waals surface area contributed by atoms with Gasteiger partial charge in [-0.05, 0) is 35.4 Å². The van der Waals surface area contributed by atoms with Crippen LogP contribution in [0.1, 0.15) is 36.0 Å². The summed E-state index contributed by atoms with van der Waals surface area (Å²) in [7, 11) is 0. The van der Waals surface area contributed by atoms with Gasteiger partial charge in [-0.3, -0.25) is 19.8 Å². The molecule has 2 aliphatic rings. The lowest BCUT2D eigenvalue weighted by Gasteiger charge is -2.44. The molecule has 10 nitrogen and oxygen atoms in total. The van der Waals surface area contributed by atoms with Crippen LogP contribution in [0.4, 0.5) is 17.1 Å². The van der Waals surface area contributed by atoms with E-state index in [0.29, 0.717) is 12.2 Å². The number of hydrogen-bond donors (Lipinski definition) is 2. The van der Waals surface area contributed by atoms with E-state index in [9.17, 15) is 20.0 Å². The predicted molar refractivity (Wildman–Crippen MR) is 170 cm³/mol. The smallest absolute Gasteiger partial charge is 0.276 e. The molecule has 0 bridgehead atoms. The summed E-state index contributed by atoms with van der Waals surface area (Å²) >= 11 is 17.0. The van der Waals surface area contributed by atoms with Gasteiger partial charge in [-0.25, -0.2) is 0 Å². The first-order chi connectivity index (χ1) is 21.0. The van der Waals surface area contributed by atoms with E-state index in [1.165, 1.54) is 12.1 Å². The number of piperazine rings is 1. The summed E-state index contributed by atoms with van der Waals surface area (Å²) in [5, 5.41) is 23.1. The van der Waals surface area contributed by atoms with E-state index in [1.807, 2.05) is 24.3 Å². The number of benzene rings is 3. The lowest BCUT2D eigenvalue weighted by atomic mass is 9.90. The summed E-state index contributed by atoms with van der Waals surface area (Å²) < 4.78 is 11.0. The van der Waals surface area contributed by atoms with E-state index in [1.54, 1.807) is 36.4 Å². The van der Waals surface area contributed by atoms with E-state index in [4.69, 9.17) is 44.3 Å². The zero-order valence-electron chi connectivity index (χ0n) is 23.9. The first kappa shape index (κ1) is 32.4. The van der Waals surface area contributed by atoms with Crippen molar-refractivity contribution in [2.45, 2.75) is 35.8 Å². The molecule has 3 aromatic rings. The van der Waals surface area contributed by atoms with Gasteiger partial charge in [0.15, 0.2) is 6.29 Å². The van der Waals surface area contributed by atoms with Gasteiger partial charge in [0, 0.05) is 67.7 Å². The molecular weight excluding hydrogens is 631 g/mol. The van der Waals surface area contributed by atoms with Crippen LogP contribution in [0.3, 0.4) is 0 Å². The van der Waals surface area contributed by atoms with Crippen LogP contribution in [0.25, 0.3) is 0 Å². The molecule has 13 heteroatoms. The van der Waals surface area contributed by atoms with E-state index < -0.39 is 20.9 Å². The molecule has 44 heavy (non-hydrogen) atoms. The Hall–Kier alpha value is -2.96. The number of nitrogens with one attached hydrogen (secondary N) is 1. The lowest BCUT2D eigenvalue weighted by Crippen LogP contribution is -2.51. The van der Waals surface area contributed by atoms with Crippen molar-refractivity contribution in [1.29, 1.82) is 0 Å². The zero-order chi connectivity index (χ0) is 31.4. The number of carbonyl (C=O) groups is 1. The molecule has 2 aliphatic heterocycles. The van der Waals surface area contributed by atoms with Gasteiger partial charge in [0.2, 0.25) is 0 Å². The summed E-state index contributed by atoms with van der Waals surface area (Å²) in [6, 6.07) is 21.4. The molecule has 3 aromatic carbocycles. The molecule has 4 unspecified atom stereocenters. The maximum Gasteiger partial charge on any atom is 0.276 e. The Morgan fingerprint density at radius 2 is 1.57 bits per heavy atom. The summed E-state index contributed by atoms with van der Waals surface area (Å²) in [6.07, 6.45) is -1.10. The highest BCUT2D eigenvalue weighted by molar-refractivity contribution is 6.76. The number of anilines is 2. The fraction of sp³-hybridized carbons (Fsp3) is 0.387. The van der Waals surface area contributed by atoms with Crippen molar-refractivity contribution in [2.75, 3.05) is 42.9 Å². The monoisotopic (exact) mass is 662 g/mol. The topological polar surface area (TPSA) is 117 Å². The predicted octanol–water partition coefficient (Wildman–Crippen LogP) is 6.01. The Bertz CT molecular complexity index is 1430. The molecule has 0 radical (unpaired) electrons. The third kappa shape index (κ3) is 7.81. The van der Waals surface area contributed by atoms with E-state index in [-0.39, 0.29) is 30.4 Å². The molecule has 0 spiro atoms. The van der Waals surface area contributed by atoms with Crippen molar-refractivity contribution >= 4 is 57.8 Å². The number of aliphatic hydroxyl groups excluding tert-OH is 1. The average molecular weight is 664 g/mol. The van der Waals surface area contributed by atoms with Crippen LogP contribution in [-0.2, 0) is 20.9 Å². The largest absolute Gasteiger partial charge is 0.392 e. The SMILES string of the molecule is CC1C(CN2CCN(c3ccc([N+](=O)[O-])cc3)CC2)OC(c2ccc(NC(=O)C(Cl)(Cl)Cl)cc2)OC1c1ccc(CO)cc1. The number of halogens is 3.